The zero-order valence-corrected chi connectivity index (χ0v) is 30.7. The second kappa shape index (κ2) is 15.1. The molecule has 0 saturated heterocycles. The minimum Gasteiger partial charge on any atom is -0.455 e. The number of methoxy groups -OCH3 is 1. The monoisotopic (exact) mass is 714 g/mol. The van der Waals surface area contributed by atoms with Crippen LogP contribution in [0.4, 0.5) is 10.9 Å². The van der Waals surface area contributed by atoms with E-state index < -0.39 is 11.6 Å². The summed E-state index contributed by atoms with van der Waals surface area (Å²) in [5.41, 5.74) is 5.54. The van der Waals surface area contributed by atoms with Crippen molar-refractivity contribution < 1.29 is 19.1 Å². The Labute approximate surface area is 307 Å². The maximum atomic E-state index is 13.8. The summed E-state index contributed by atoms with van der Waals surface area (Å²) >= 11 is 1.45. The van der Waals surface area contributed by atoms with E-state index in [9.17, 15) is 9.59 Å². The predicted octanol–water partition coefficient (Wildman–Crippen LogP) is 8.34. The van der Waals surface area contributed by atoms with Crippen LogP contribution in [0.5, 0.6) is 0 Å². The van der Waals surface area contributed by atoms with E-state index in [4.69, 9.17) is 19.6 Å². The van der Waals surface area contributed by atoms with Crippen LogP contribution in [0.2, 0.25) is 0 Å². The van der Waals surface area contributed by atoms with Crippen molar-refractivity contribution in [1.29, 1.82) is 0 Å². The van der Waals surface area contributed by atoms with Gasteiger partial charge < -0.3 is 14.4 Å². The number of benzene rings is 3. The minimum absolute atomic E-state index is 0.00298. The van der Waals surface area contributed by atoms with E-state index in [1.807, 2.05) is 98.4 Å². The van der Waals surface area contributed by atoms with E-state index in [2.05, 4.69) is 33.4 Å². The van der Waals surface area contributed by atoms with Crippen molar-refractivity contribution in [3.05, 3.63) is 125 Å². The number of carbonyl (C=O) groups excluding carboxylic acids is 2. The maximum absolute atomic E-state index is 13.8. The Bertz CT molecular complexity index is 2170. The highest BCUT2D eigenvalue weighted by Crippen LogP contribution is 2.33. The number of rotatable bonds is 11. The van der Waals surface area contributed by atoms with Gasteiger partial charge in [-0.2, -0.15) is 5.10 Å². The summed E-state index contributed by atoms with van der Waals surface area (Å²) in [5.74, 6) is -0.0839. The number of nitrogens with one attached hydrogen (secondary N) is 1. The maximum Gasteiger partial charge on any atom is 0.358 e. The van der Waals surface area contributed by atoms with Crippen LogP contribution in [0, 0.1) is 0 Å². The largest absolute Gasteiger partial charge is 0.455 e. The van der Waals surface area contributed by atoms with Crippen LogP contribution in [-0.2, 0) is 22.4 Å². The third-order valence-corrected chi connectivity index (χ3v) is 10.0. The number of para-hydroxylation sites is 1. The summed E-state index contributed by atoms with van der Waals surface area (Å²) in [6.07, 6.45) is 6.19. The summed E-state index contributed by atoms with van der Waals surface area (Å²) in [6.45, 7) is 7.32. The normalized spacial score (nSPS) is 13.5. The first kappa shape index (κ1) is 35.0. The summed E-state index contributed by atoms with van der Waals surface area (Å²) in [7, 11) is 1.71. The van der Waals surface area contributed by atoms with Gasteiger partial charge in [0, 0.05) is 49.7 Å². The highest BCUT2D eigenvalue weighted by Gasteiger charge is 2.28. The molecule has 0 spiro atoms. The third kappa shape index (κ3) is 7.75. The Balaban J connectivity index is 1.18. The third-order valence-electron chi connectivity index (χ3n) is 9.07. The van der Waals surface area contributed by atoms with Crippen LogP contribution in [0.15, 0.2) is 97.3 Å². The van der Waals surface area contributed by atoms with E-state index in [0.717, 1.165) is 51.7 Å². The highest BCUT2D eigenvalue weighted by molar-refractivity contribution is 7.22. The van der Waals surface area contributed by atoms with Gasteiger partial charge in [0.05, 0.1) is 22.5 Å². The topological polar surface area (TPSA) is 111 Å². The molecule has 11 heteroatoms. The number of aromatic nitrogens is 4. The number of ether oxygens (including phenoxy) is 2. The van der Waals surface area contributed by atoms with Gasteiger partial charge in [-0.1, -0.05) is 65.9 Å². The molecule has 6 aromatic rings. The van der Waals surface area contributed by atoms with Crippen molar-refractivity contribution in [2.45, 2.75) is 58.2 Å². The molecule has 0 fully saturated rings. The first-order valence-electron chi connectivity index (χ1n) is 17.5. The fourth-order valence-electron chi connectivity index (χ4n) is 6.61. The molecule has 0 saturated carbocycles. The smallest absolute Gasteiger partial charge is 0.358 e. The summed E-state index contributed by atoms with van der Waals surface area (Å²) in [4.78, 5) is 39.1. The molecule has 0 bridgehead atoms. The van der Waals surface area contributed by atoms with Crippen molar-refractivity contribution in [2.75, 3.05) is 30.5 Å². The molecule has 4 heterocycles. The molecule has 1 aliphatic heterocycles. The molecule has 1 aliphatic rings. The van der Waals surface area contributed by atoms with Crippen molar-refractivity contribution in [1.82, 2.24) is 19.7 Å². The Kier molecular flexibility index (Phi) is 10.2. The van der Waals surface area contributed by atoms with Crippen LogP contribution in [-0.4, -0.2) is 57.5 Å². The van der Waals surface area contributed by atoms with Gasteiger partial charge in [-0.15, -0.1) is 0 Å². The van der Waals surface area contributed by atoms with E-state index in [1.54, 1.807) is 13.3 Å². The van der Waals surface area contributed by atoms with Gasteiger partial charge >= 0.3 is 5.97 Å². The summed E-state index contributed by atoms with van der Waals surface area (Å²) < 4.78 is 14.2. The average molecular weight is 715 g/mol. The second-order valence-corrected chi connectivity index (χ2v) is 14.9. The lowest BCUT2D eigenvalue weighted by molar-refractivity contribution is 0.00638. The molecule has 0 radical (unpaired) electrons. The molecule has 1 amide bonds. The summed E-state index contributed by atoms with van der Waals surface area (Å²) in [5, 5.41) is 8.35. The van der Waals surface area contributed by atoms with Crippen LogP contribution < -0.4 is 10.2 Å². The number of esters is 1. The average Bonchev–Trinajstić information content (AvgIpc) is 3.79. The van der Waals surface area contributed by atoms with Crippen LogP contribution >= 0.6 is 11.3 Å². The standard InChI is InChI=1S/C41H42N6O4S/c1-41(2,3)51-39(49)37-30(29-24-42-47(25-29)34(17-11-23-50-4)28-12-6-5-7-13-28)19-20-36(44-37)46-22-21-27-14-10-15-31(32(27)26-46)38(48)45-40-43-33-16-8-9-18-35(33)52-40/h5-10,12-16,18-20,24-25,34H,11,17,21-23,26H2,1-4H3,(H,43,45,48). The molecule has 266 valence electrons. The number of hydrogen-bond acceptors (Lipinski definition) is 9. The van der Waals surface area contributed by atoms with Crippen LogP contribution in [0.3, 0.4) is 0 Å². The second-order valence-electron chi connectivity index (χ2n) is 13.9. The molecule has 10 nitrogen and oxygen atoms in total. The van der Waals surface area contributed by atoms with E-state index >= 15 is 0 Å². The zero-order chi connectivity index (χ0) is 36.2. The molecule has 1 atom stereocenters. The molecular formula is C41H42N6O4S. The van der Waals surface area contributed by atoms with Gasteiger partial charge in [0.2, 0.25) is 0 Å². The number of fused-ring (bicyclic) bond motifs is 2. The highest BCUT2D eigenvalue weighted by atomic mass is 32.1. The number of pyridine rings is 1. The lowest BCUT2D eigenvalue weighted by Gasteiger charge is -2.31. The Morgan fingerprint density at radius 3 is 2.56 bits per heavy atom. The van der Waals surface area contributed by atoms with E-state index in [-0.39, 0.29) is 17.6 Å². The van der Waals surface area contributed by atoms with Gasteiger partial charge in [0.25, 0.3) is 5.91 Å². The van der Waals surface area contributed by atoms with Gasteiger partial charge in [0.15, 0.2) is 10.8 Å². The van der Waals surface area contributed by atoms with Gasteiger partial charge in [-0.05, 0) is 87.1 Å². The first-order valence-corrected chi connectivity index (χ1v) is 18.3. The lowest BCUT2D eigenvalue weighted by atomic mass is 9.94. The summed E-state index contributed by atoms with van der Waals surface area (Å²) in [6, 6.07) is 27.8. The predicted molar refractivity (Wildman–Crippen MR) is 205 cm³/mol. The molecule has 7 rings (SSSR count). The van der Waals surface area contributed by atoms with Gasteiger partial charge in [-0.3, -0.25) is 14.8 Å². The van der Waals surface area contributed by atoms with Gasteiger partial charge in [-0.25, -0.2) is 14.8 Å². The number of nitrogens with zero attached hydrogens (tertiary/aromatic N) is 5. The fourth-order valence-corrected chi connectivity index (χ4v) is 7.48. The van der Waals surface area contributed by atoms with Crippen LogP contribution in [0.1, 0.15) is 77.2 Å². The Morgan fingerprint density at radius 2 is 1.77 bits per heavy atom. The number of hydrogen-bond donors (Lipinski definition) is 1. The Morgan fingerprint density at radius 1 is 0.962 bits per heavy atom. The molecule has 3 aromatic heterocycles. The van der Waals surface area contributed by atoms with E-state index in [0.29, 0.717) is 41.8 Å². The molecule has 1 N–H and O–H groups in total. The van der Waals surface area contributed by atoms with E-state index in [1.165, 1.54) is 11.3 Å². The zero-order valence-electron chi connectivity index (χ0n) is 29.8. The minimum atomic E-state index is -0.717. The molecule has 0 aliphatic carbocycles. The quantitative estimate of drug-likeness (QED) is 0.105. The number of carbonyl (C=O) groups is 2. The Hall–Kier alpha value is -5.39. The SMILES string of the molecule is COCCCC(c1ccccc1)n1cc(-c2ccc(N3CCc4cccc(C(=O)Nc5nc6ccccc6s5)c4C3)nc2C(=O)OC(C)(C)C)cn1. The molecule has 3 aromatic carbocycles. The lowest BCUT2D eigenvalue weighted by Crippen LogP contribution is -2.33. The molecule has 52 heavy (non-hydrogen) atoms. The molecule has 1 unspecified atom stereocenters. The van der Waals surface area contributed by atoms with Crippen LogP contribution in [0.25, 0.3) is 21.3 Å². The number of anilines is 2. The number of thiazole rings is 1. The van der Waals surface area contributed by atoms with Crippen molar-refractivity contribution >= 4 is 44.4 Å². The fraction of sp³-hybridized carbons (Fsp3) is 0.293. The molecular weight excluding hydrogens is 673 g/mol. The van der Waals surface area contributed by atoms with Crippen molar-refractivity contribution in [3.63, 3.8) is 0 Å². The van der Waals surface area contributed by atoms with Crippen molar-refractivity contribution in [2.24, 2.45) is 0 Å². The number of amides is 1. The van der Waals surface area contributed by atoms with Gasteiger partial charge in [0.1, 0.15) is 11.4 Å². The van der Waals surface area contributed by atoms with Crippen molar-refractivity contribution in [3.8, 4) is 11.1 Å². The first-order chi connectivity index (χ1) is 25.2.